The van der Waals surface area contributed by atoms with Crippen LogP contribution in [0.1, 0.15) is 53.4 Å². The first kappa shape index (κ1) is 18.8. The van der Waals surface area contributed by atoms with Gasteiger partial charge in [-0.25, -0.2) is 0 Å². The smallest absolute Gasteiger partial charge is 0.242 e. The average molecular weight is 388 g/mol. The number of amides is 1. The molecule has 10 atom stereocenters. The third kappa shape index (κ3) is 1.70. The Hall–Kier alpha value is -1.20. The Morgan fingerprint density at radius 1 is 1.25 bits per heavy atom. The SMILES string of the molecule is CC[C@@H]1N(C)C(=O)[C@@]23C(=O)[C@@]4(C)[C@@H]5CC[C@@H](C)C[C@H]5C=C[C@H]4[C@@H]2[C@H](C)O[C@@]13O. The van der Waals surface area contributed by atoms with Crippen LogP contribution in [0.15, 0.2) is 12.2 Å². The van der Waals surface area contributed by atoms with Crippen LogP contribution in [-0.2, 0) is 14.3 Å². The van der Waals surface area contributed by atoms with Gasteiger partial charge in [-0.3, -0.25) is 9.59 Å². The summed E-state index contributed by atoms with van der Waals surface area (Å²) in [6.45, 7) is 8.26. The normalized spacial score (nSPS) is 57.2. The van der Waals surface area contributed by atoms with Crippen molar-refractivity contribution in [1.82, 2.24) is 4.90 Å². The summed E-state index contributed by atoms with van der Waals surface area (Å²) in [5.74, 6) is -1.03. The fourth-order valence-corrected chi connectivity index (χ4v) is 8.21. The predicted molar refractivity (Wildman–Crippen MR) is 104 cm³/mol. The van der Waals surface area contributed by atoms with E-state index in [-0.39, 0.29) is 35.5 Å². The highest BCUT2D eigenvalue weighted by Crippen LogP contribution is 2.72. The van der Waals surface area contributed by atoms with Crippen molar-refractivity contribution >= 4 is 11.7 Å². The molecule has 0 unspecified atom stereocenters. The summed E-state index contributed by atoms with van der Waals surface area (Å²) in [7, 11) is 1.71. The van der Waals surface area contributed by atoms with Gasteiger partial charge < -0.3 is 14.7 Å². The second-order valence-electron chi connectivity index (χ2n) is 10.4. The van der Waals surface area contributed by atoms with Crippen LogP contribution in [0.3, 0.4) is 0 Å². The van der Waals surface area contributed by atoms with E-state index in [9.17, 15) is 14.7 Å². The average Bonchev–Trinajstić information content (AvgIpc) is 3.07. The van der Waals surface area contributed by atoms with Gasteiger partial charge >= 0.3 is 0 Å². The molecule has 2 aliphatic heterocycles. The number of likely N-dealkylation sites (N-methyl/N-ethyl adjacent to an activating group) is 1. The molecule has 0 bridgehead atoms. The molecule has 3 aliphatic carbocycles. The van der Waals surface area contributed by atoms with Crippen molar-refractivity contribution in [2.45, 2.75) is 71.3 Å². The molecule has 0 aromatic carbocycles. The number of allylic oxidation sites excluding steroid dienone is 2. The van der Waals surface area contributed by atoms with Gasteiger partial charge in [0.25, 0.3) is 0 Å². The number of carbonyl (C=O) groups excluding carboxylic acids is 2. The molecule has 0 aromatic heterocycles. The van der Waals surface area contributed by atoms with Crippen LogP contribution in [0, 0.1) is 40.4 Å². The summed E-state index contributed by atoms with van der Waals surface area (Å²) in [5.41, 5.74) is -2.06. The van der Waals surface area contributed by atoms with Gasteiger partial charge in [0, 0.05) is 18.4 Å². The fourth-order valence-electron chi connectivity index (χ4n) is 8.21. The van der Waals surface area contributed by atoms with Crippen LogP contribution in [0.25, 0.3) is 0 Å². The minimum Gasteiger partial charge on any atom is -0.363 e. The maximum atomic E-state index is 14.3. The third-order valence-corrected chi connectivity index (χ3v) is 9.32. The molecule has 2 saturated carbocycles. The van der Waals surface area contributed by atoms with E-state index in [2.05, 4.69) is 26.0 Å². The Kier molecular flexibility index (Phi) is 3.68. The molecule has 5 nitrogen and oxygen atoms in total. The Morgan fingerprint density at radius 2 is 1.96 bits per heavy atom. The van der Waals surface area contributed by atoms with Gasteiger partial charge in [-0.15, -0.1) is 0 Å². The van der Waals surface area contributed by atoms with Gasteiger partial charge in [-0.2, -0.15) is 0 Å². The summed E-state index contributed by atoms with van der Waals surface area (Å²) >= 11 is 0. The van der Waals surface area contributed by atoms with E-state index in [1.54, 1.807) is 11.9 Å². The molecule has 2 saturated heterocycles. The van der Waals surface area contributed by atoms with Gasteiger partial charge in [-0.1, -0.05) is 39.3 Å². The highest BCUT2D eigenvalue weighted by Gasteiger charge is 2.87. The van der Waals surface area contributed by atoms with Crippen molar-refractivity contribution < 1.29 is 19.4 Å². The number of hydrogen-bond donors (Lipinski definition) is 1. The molecule has 4 fully saturated rings. The maximum Gasteiger partial charge on any atom is 0.242 e. The largest absolute Gasteiger partial charge is 0.363 e. The number of ketones is 1. The highest BCUT2D eigenvalue weighted by molar-refractivity contribution is 6.14. The molecule has 1 N–H and O–H groups in total. The first-order valence-corrected chi connectivity index (χ1v) is 11.1. The van der Waals surface area contributed by atoms with Crippen molar-refractivity contribution in [3.8, 4) is 0 Å². The minimum absolute atomic E-state index is 0.0494. The number of aliphatic hydroxyl groups is 1. The molecule has 0 aromatic rings. The zero-order chi connectivity index (χ0) is 20.2. The van der Waals surface area contributed by atoms with E-state index >= 15 is 0 Å². The van der Waals surface area contributed by atoms with Crippen LogP contribution >= 0.6 is 0 Å². The molecule has 1 spiro atoms. The van der Waals surface area contributed by atoms with E-state index in [0.717, 1.165) is 19.3 Å². The lowest BCUT2D eigenvalue weighted by molar-refractivity contribution is -0.237. The zero-order valence-electron chi connectivity index (χ0n) is 17.6. The van der Waals surface area contributed by atoms with Crippen LogP contribution in [0.4, 0.5) is 0 Å². The van der Waals surface area contributed by atoms with Crippen LogP contribution in [0.2, 0.25) is 0 Å². The van der Waals surface area contributed by atoms with Crippen molar-refractivity contribution in [3.63, 3.8) is 0 Å². The second kappa shape index (κ2) is 5.48. The number of Topliss-reactive ketones (excluding diaryl/α,β-unsaturated/α-hetero) is 1. The Labute approximate surface area is 167 Å². The predicted octanol–water partition coefficient (Wildman–Crippen LogP) is 2.77. The molecule has 5 rings (SSSR count). The minimum atomic E-state index is -1.72. The number of carbonyl (C=O) groups is 2. The molecule has 5 aliphatic rings. The number of hydrogen-bond acceptors (Lipinski definition) is 4. The molecule has 1 amide bonds. The van der Waals surface area contributed by atoms with Gasteiger partial charge in [0.1, 0.15) is 0 Å². The summed E-state index contributed by atoms with van der Waals surface area (Å²) in [5, 5.41) is 11.8. The van der Waals surface area contributed by atoms with Crippen molar-refractivity contribution in [2.75, 3.05) is 7.05 Å². The van der Waals surface area contributed by atoms with Gasteiger partial charge in [-0.05, 0) is 49.9 Å². The van der Waals surface area contributed by atoms with Crippen LogP contribution in [-0.4, -0.2) is 46.7 Å². The van der Waals surface area contributed by atoms with Gasteiger partial charge in [0.15, 0.2) is 11.2 Å². The Bertz CT molecular complexity index is 779. The van der Waals surface area contributed by atoms with E-state index in [4.69, 9.17) is 4.74 Å². The van der Waals surface area contributed by atoms with Crippen molar-refractivity contribution in [3.05, 3.63) is 12.2 Å². The Balaban J connectivity index is 1.71. The first-order chi connectivity index (χ1) is 13.2. The fraction of sp³-hybridized carbons (Fsp3) is 0.826. The Morgan fingerprint density at radius 3 is 2.64 bits per heavy atom. The molecule has 154 valence electrons. The topological polar surface area (TPSA) is 66.8 Å². The molecule has 2 heterocycles. The van der Waals surface area contributed by atoms with Crippen molar-refractivity contribution in [2.24, 2.45) is 40.4 Å². The molecular formula is C23H33NO4. The number of ether oxygens (including phenoxy) is 1. The summed E-state index contributed by atoms with van der Waals surface area (Å²) in [6, 6.07) is -0.480. The molecule has 0 radical (unpaired) electrons. The van der Waals surface area contributed by atoms with E-state index in [1.165, 1.54) is 0 Å². The summed E-state index contributed by atoms with van der Waals surface area (Å²) in [6.07, 6.45) is 8.01. The lowest BCUT2D eigenvalue weighted by Gasteiger charge is -2.49. The lowest BCUT2D eigenvalue weighted by atomic mass is 9.55. The maximum absolute atomic E-state index is 14.3. The van der Waals surface area contributed by atoms with E-state index < -0.39 is 22.7 Å². The van der Waals surface area contributed by atoms with E-state index in [0.29, 0.717) is 18.3 Å². The first-order valence-electron chi connectivity index (χ1n) is 11.1. The highest BCUT2D eigenvalue weighted by atomic mass is 16.6. The van der Waals surface area contributed by atoms with Crippen LogP contribution < -0.4 is 0 Å². The summed E-state index contributed by atoms with van der Waals surface area (Å²) < 4.78 is 6.13. The second-order valence-corrected chi connectivity index (χ2v) is 10.4. The van der Waals surface area contributed by atoms with Gasteiger partial charge in [0.2, 0.25) is 11.7 Å². The molecule has 5 heteroatoms. The molecular weight excluding hydrogens is 354 g/mol. The lowest BCUT2D eigenvalue weighted by Crippen LogP contribution is -2.57. The number of rotatable bonds is 1. The quantitative estimate of drug-likeness (QED) is 0.555. The standard InChI is InChI=1S/C23H33NO4/c1-6-17-23(27)22(20(26)24(17)5)18(13(3)28-23)16-10-8-14-11-12(2)7-9-15(14)21(16,4)19(22)25/h8,10,12-18,27H,6-7,9,11H2,1-5H3/t12-,13+,14-,15-,16+,17+,18+,21+,22+,23+/m1/s1. The van der Waals surface area contributed by atoms with Gasteiger partial charge in [0.05, 0.1) is 12.1 Å². The number of nitrogens with zero attached hydrogens (tertiary/aromatic N) is 1. The molecule has 28 heavy (non-hydrogen) atoms. The van der Waals surface area contributed by atoms with Crippen molar-refractivity contribution in [1.29, 1.82) is 0 Å². The third-order valence-electron chi connectivity index (χ3n) is 9.32. The van der Waals surface area contributed by atoms with E-state index in [1.807, 2.05) is 13.8 Å². The monoisotopic (exact) mass is 387 g/mol. The zero-order valence-corrected chi connectivity index (χ0v) is 17.6. The number of likely N-dealkylation sites (tertiary alicyclic amines) is 1. The number of fused-ring (bicyclic) bond motifs is 4. The van der Waals surface area contributed by atoms with Crippen LogP contribution in [0.5, 0.6) is 0 Å². The summed E-state index contributed by atoms with van der Waals surface area (Å²) in [4.78, 5) is 29.6.